The predicted molar refractivity (Wildman–Crippen MR) is 43.7 cm³/mol. The Hall–Kier alpha value is -1.36. The van der Waals surface area contributed by atoms with E-state index in [9.17, 15) is 9.59 Å². The number of carbonyl (C=O) groups excluding carboxylic acids is 2. The monoisotopic (exact) mass is 182 g/mol. The summed E-state index contributed by atoms with van der Waals surface area (Å²) >= 11 is 1.50. The largest absolute Gasteiger partial charge is 0.322 e. The lowest BCUT2D eigenvalue weighted by Crippen LogP contribution is -2.22. The molecule has 62 valence electrons. The van der Waals surface area contributed by atoms with Crippen LogP contribution in [0, 0.1) is 0 Å². The number of nitrogens with one attached hydrogen (secondary N) is 2. The quantitative estimate of drug-likeness (QED) is 0.626. The smallest absolute Gasteiger partial charge is 0.322 e. The maximum atomic E-state index is 11.1. The Morgan fingerprint density at radius 1 is 1.42 bits per heavy atom. The maximum Gasteiger partial charge on any atom is 0.322 e. The van der Waals surface area contributed by atoms with Gasteiger partial charge in [0.2, 0.25) is 0 Å². The molecule has 1 atom stereocenters. The van der Waals surface area contributed by atoms with Crippen molar-refractivity contribution < 1.29 is 9.59 Å². The van der Waals surface area contributed by atoms with Crippen molar-refractivity contribution in [1.29, 1.82) is 0 Å². The van der Waals surface area contributed by atoms with E-state index in [1.165, 1.54) is 11.3 Å². The molecule has 0 unspecified atom stereocenters. The summed E-state index contributed by atoms with van der Waals surface area (Å²) in [6, 6.07) is 0.903. The van der Waals surface area contributed by atoms with Crippen molar-refractivity contribution in [3.8, 4) is 0 Å². The highest BCUT2D eigenvalue weighted by atomic mass is 32.1. The molecule has 1 fully saturated rings. The Morgan fingerprint density at radius 3 is 2.75 bits per heavy atom. The molecule has 1 aromatic heterocycles. The van der Waals surface area contributed by atoms with Crippen molar-refractivity contribution >= 4 is 23.3 Å². The molecule has 1 aliphatic rings. The zero-order valence-corrected chi connectivity index (χ0v) is 6.85. The van der Waals surface area contributed by atoms with Crippen molar-refractivity contribution in [3.05, 3.63) is 22.4 Å². The molecular weight excluding hydrogens is 176 g/mol. The maximum absolute atomic E-state index is 11.1. The fourth-order valence-corrected chi connectivity index (χ4v) is 1.78. The molecule has 0 aliphatic carbocycles. The summed E-state index contributed by atoms with van der Waals surface area (Å²) in [5.74, 6) is -0.279. The lowest BCUT2D eigenvalue weighted by atomic mass is 10.1. The molecule has 12 heavy (non-hydrogen) atoms. The molecule has 2 heterocycles. The van der Waals surface area contributed by atoms with Gasteiger partial charge in [-0.2, -0.15) is 11.3 Å². The topological polar surface area (TPSA) is 58.2 Å². The summed E-state index contributed by atoms with van der Waals surface area (Å²) < 4.78 is 0. The van der Waals surface area contributed by atoms with Crippen molar-refractivity contribution in [2.45, 2.75) is 6.04 Å². The lowest BCUT2D eigenvalue weighted by molar-refractivity contribution is -0.120. The van der Waals surface area contributed by atoms with E-state index < -0.39 is 12.1 Å². The van der Waals surface area contributed by atoms with Crippen LogP contribution in [0.4, 0.5) is 4.79 Å². The van der Waals surface area contributed by atoms with E-state index in [2.05, 4.69) is 10.6 Å². The van der Waals surface area contributed by atoms with Crippen LogP contribution < -0.4 is 10.6 Å². The van der Waals surface area contributed by atoms with Gasteiger partial charge in [0.15, 0.2) is 0 Å². The molecular formula is C7H6N2O2S. The van der Waals surface area contributed by atoms with Crippen molar-refractivity contribution in [2.24, 2.45) is 0 Å². The lowest BCUT2D eigenvalue weighted by Gasteiger charge is -2.01. The summed E-state index contributed by atoms with van der Waals surface area (Å²) in [5.41, 5.74) is 0.836. The van der Waals surface area contributed by atoms with Gasteiger partial charge in [-0.05, 0) is 22.4 Å². The van der Waals surface area contributed by atoms with Crippen molar-refractivity contribution in [1.82, 2.24) is 10.6 Å². The summed E-state index contributed by atoms with van der Waals surface area (Å²) in [6.07, 6.45) is 0. The molecule has 0 radical (unpaired) electrons. The third-order valence-corrected chi connectivity index (χ3v) is 2.35. The predicted octanol–water partition coefficient (Wildman–Crippen LogP) is 0.629. The molecule has 5 heteroatoms. The van der Waals surface area contributed by atoms with E-state index >= 15 is 0 Å². The van der Waals surface area contributed by atoms with Gasteiger partial charge in [0, 0.05) is 0 Å². The van der Waals surface area contributed by atoms with Crippen LogP contribution in [0.2, 0.25) is 0 Å². The minimum absolute atomic E-state index is 0.279. The Balaban J connectivity index is 2.26. The zero-order chi connectivity index (χ0) is 8.55. The van der Waals surface area contributed by atoms with Gasteiger partial charge in [-0.25, -0.2) is 4.79 Å². The van der Waals surface area contributed by atoms with Crippen LogP contribution >= 0.6 is 11.3 Å². The molecule has 1 aromatic rings. The van der Waals surface area contributed by atoms with Crippen LogP contribution in [0.25, 0.3) is 0 Å². The highest BCUT2D eigenvalue weighted by Gasteiger charge is 2.30. The van der Waals surface area contributed by atoms with E-state index in [1.807, 2.05) is 16.8 Å². The molecule has 1 aliphatic heterocycles. The molecule has 0 bridgehead atoms. The number of hydrogen-bond donors (Lipinski definition) is 2. The fourth-order valence-electron chi connectivity index (χ4n) is 1.09. The van der Waals surface area contributed by atoms with Crippen LogP contribution in [0.3, 0.4) is 0 Å². The number of amides is 3. The number of imide groups is 1. The number of hydrogen-bond acceptors (Lipinski definition) is 3. The second-order valence-corrected chi connectivity index (χ2v) is 3.23. The standard InChI is InChI=1S/C7H6N2O2S/c10-6-5(8-7(11)9-6)4-1-2-12-3-4/h1-3,5H,(H2,8,9,10,11)/t5-/m1/s1. The van der Waals surface area contributed by atoms with E-state index in [0.29, 0.717) is 0 Å². The first-order valence-corrected chi connectivity index (χ1v) is 4.35. The van der Waals surface area contributed by atoms with Crippen molar-refractivity contribution in [3.63, 3.8) is 0 Å². The minimum atomic E-state index is -0.497. The van der Waals surface area contributed by atoms with Crippen LogP contribution in [0.5, 0.6) is 0 Å². The van der Waals surface area contributed by atoms with Crippen LogP contribution in [0.15, 0.2) is 16.8 Å². The first-order chi connectivity index (χ1) is 5.77. The first-order valence-electron chi connectivity index (χ1n) is 3.41. The number of thiophene rings is 1. The van der Waals surface area contributed by atoms with Gasteiger partial charge in [-0.3, -0.25) is 10.1 Å². The second-order valence-electron chi connectivity index (χ2n) is 2.45. The average Bonchev–Trinajstić information content (AvgIpc) is 2.58. The van der Waals surface area contributed by atoms with E-state index in [4.69, 9.17) is 0 Å². The summed E-state index contributed by atoms with van der Waals surface area (Å²) in [5, 5.41) is 8.40. The number of rotatable bonds is 1. The minimum Gasteiger partial charge on any atom is -0.322 e. The SMILES string of the molecule is O=C1NC(=O)[C@@H](c2ccsc2)N1. The Labute approximate surface area is 72.6 Å². The number of carbonyl (C=O) groups is 2. The molecule has 0 spiro atoms. The summed E-state index contributed by atoms with van der Waals surface area (Å²) in [6.45, 7) is 0. The van der Waals surface area contributed by atoms with Gasteiger partial charge in [0.05, 0.1) is 0 Å². The molecule has 4 nitrogen and oxygen atoms in total. The molecule has 0 aromatic carbocycles. The summed E-state index contributed by atoms with van der Waals surface area (Å²) in [4.78, 5) is 21.8. The fraction of sp³-hybridized carbons (Fsp3) is 0.143. The van der Waals surface area contributed by atoms with Gasteiger partial charge in [0.25, 0.3) is 5.91 Å². The van der Waals surface area contributed by atoms with Gasteiger partial charge in [0.1, 0.15) is 6.04 Å². The summed E-state index contributed by atoms with van der Waals surface area (Å²) in [7, 11) is 0. The van der Waals surface area contributed by atoms with Gasteiger partial charge < -0.3 is 5.32 Å². The molecule has 2 N–H and O–H groups in total. The normalized spacial score (nSPS) is 22.2. The molecule has 3 amide bonds. The van der Waals surface area contributed by atoms with Crippen LogP contribution in [-0.4, -0.2) is 11.9 Å². The van der Waals surface area contributed by atoms with Gasteiger partial charge in [-0.15, -0.1) is 0 Å². The van der Waals surface area contributed by atoms with Crippen LogP contribution in [0.1, 0.15) is 11.6 Å². The third-order valence-electron chi connectivity index (χ3n) is 1.65. The Morgan fingerprint density at radius 2 is 2.25 bits per heavy atom. The van der Waals surface area contributed by atoms with Gasteiger partial charge in [-0.1, -0.05) is 0 Å². The van der Waals surface area contributed by atoms with Crippen molar-refractivity contribution in [2.75, 3.05) is 0 Å². The number of urea groups is 1. The Bertz CT molecular complexity index is 320. The molecule has 2 rings (SSSR count). The van der Waals surface area contributed by atoms with Crippen LogP contribution in [-0.2, 0) is 4.79 Å². The molecule has 0 saturated carbocycles. The second kappa shape index (κ2) is 2.60. The third kappa shape index (κ3) is 1.08. The zero-order valence-electron chi connectivity index (χ0n) is 6.03. The van der Waals surface area contributed by atoms with Gasteiger partial charge >= 0.3 is 6.03 Å². The molecule has 1 saturated heterocycles. The highest BCUT2D eigenvalue weighted by Crippen LogP contribution is 2.18. The Kier molecular flexibility index (Phi) is 1.58. The highest BCUT2D eigenvalue weighted by molar-refractivity contribution is 7.08. The van der Waals surface area contributed by atoms with E-state index in [0.717, 1.165) is 5.56 Å². The van der Waals surface area contributed by atoms with E-state index in [1.54, 1.807) is 0 Å². The average molecular weight is 182 g/mol. The van der Waals surface area contributed by atoms with E-state index in [-0.39, 0.29) is 5.91 Å². The first kappa shape index (κ1) is 7.30.